The number of β-lactam (4-membered cyclic amide) rings is 1. The molecule has 0 N–H and O–H groups in total. The van der Waals surface area contributed by atoms with Crippen molar-refractivity contribution in [1.82, 2.24) is 0 Å². The Morgan fingerprint density at radius 1 is 1.33 bits per heavy atom. The molecule has 1 aromatic carbocycles. The fraction of sp³-hybridized carbons (Fsp3) is 0.250. The molecule has 1 aromatic rings. The van der Waals surface area contributed by atoms with Gasteiger partial charge in [-0.1, -0.05) is 6.08 Å². The highest BCUT2D eigenvalue weighted by molar-refractivity contribution is 6.13. The van der Waals surface area contributed by atoms with Gasteiger partial charge < -0.3 is 9.64 Å². The number of nitrogens with zero attached hydrogens (tertiary/aromatic N) is 1. The molecule has 0 spiro atoms. The van der Waals surface area contributed by atoms with Gasteiger partial charge in [0.2, 0.25) is 0 Å². The maximum Gasteiger partial charge on any atom is 0.256 e. The highest BCUT2D eigenvalue weighted by atomic mass is 16.5. The van der Waals surface area contributed by atoms with E-state index in [-0.39, 0.29) is 5.91 Å². The average Bonchev–Trinajstić information content (AvgIpc) is 2.28. The molecular weight excluding hydrogens is 190 g/mol. The quantitative estimate of drug-likeness (QED) is 0.543. The first-order valence-electron chi connectivity index (χ1n) is 4.87. The van der Waals surface area contributed by atoms with Gasteiger partial charge in [0.1, 0.15) is 5.75 Å². The smallest absolute Gasteiger partial charge is 0.256 e. The minimum Gasteiger partial charge on any atom is -0.497 e. The van der Waals surface area contributed by atoms with Crippen LogP contribution in [0.3, 0.4) is 0 Å². The number of amides is 1. The Morgan fingerprint density at radius 3 is 2.47 bits per heavy atom. The SMILES string of the molecule is C/C=C1\CN(c2ccc(OC)cc2)C1=O. The van der Waals surface area contributed by atoms with E-state index in [2.05, 4.69) is 0 Å². The molecular formula is C12H13NO2. The summed E-state index contributed by atoms with van der Waals surface area (Å²) in [6.07, 6.45) is 1.86. The van der Waals surface area contributed by atoms with Gasteiger partial charge >= 0.3 is 0 Å². The van der Waals surface area contributed by atoms with E-state index >= 15 is 0 Å². The van der Waals surface area contributed by atoms with E-state index in [0.717, 1.165) is 17.0 Å². The zero-order valence-electron chi connectivity index (χ0n) is 8.86. The van der Waals surface area contributed by atoms with Gasteiger partial charge in [0.25, 0.3) is 5.91 Å². The standard InChI is InChI=1S/C12H13NO2/c1-3-9-8-13(12(9)14)10-4-6-11(15-2)7-5-10/h3-7H,8H2,1-2H3/b9-3+. The molecule has 0 aliphatic carbocycles. The number of hydrogen-bond acceptors (Lipinski definition) is 2. The van der Waals surface area contributed by atoms with Crippen molar-refractivity contribution in [1.29, 1.82) is 0 Å². The normalized spacial score (nSPS) is 17.9. The summed E-state index contributed by atoms with van der Waals surface area (Å²) in [5.74, 6) is 0.903. The molecule has 0 unspecified atom stereocenters. The Labute approximate surface area is 89.0 Å². The molecule has 0 radical (unpaired) electrons. The minimum absolute atomic E-state index is 0.0997. The lowest BCUT2D eigenvalue weighted by Crippen LogP contribution is -2.46. The van der Waals surface area contributed by atoms with Crippen molar-refractivity contribution in [3.8, 4) is 5.75 Å². The zero-order chi connectivity index (χ0) is 10.8. The number of ether oxygens (including phenoxy) is 1. The highest BCUT2D eigenvalue weighted by Gasteiger charge is 2.30. The number of rotatable bonds is 2. The van der Waals surface area contributed by atoms with Gasteiger partial charge in [0.15, 0.2) is 0 Å². The molecule has 1 aliphatic heterocycles. The van der Waals surface area contributed by atoms with Gasteiger partial charge in [-0.05, 0) is 31.2 Å². The van der Waals surface area contributed by atoms with Gasteiger partial charge in [-0.2, -0.15) is 0 Å². The molecule has 78 valence electrons. The molecule has 0 aromatic heterocycles. The van der Waals surface area contributed by atoms with E-state index < -0.39 is 0 Å². The molecule has 0 saturated carbocycles. The Kier molecular flexibility index (Phi) is 2.46. The van der Waals surface area contributed by atoms with Crippen LogP contribution in [0.4, 0.5) is 5.69 Å². The topological polar surface area (TPSA) is 29.5 Å². The molecule has 2 rings (SSSR count). The number of allylic oxidation sites excluding steroid dienone is 1. The summed E-state index contributed by atoms with van der Waals surface area (Å²) >= 11 is 0. The van der Waals surface area contributed by atoms with E-state index in [0.29, 0.717) is 6.54 Å². The van der Waals surface area contributed by atoms with Crippen molar-refractivity contribution in [2.45, 2.75) is 6.92 Å². The van der Waals surface area contributed by atoms with Crippen LogP contribution in [0.1, 0.15) is 6.92 Å². The molecule has 1 aliphatic rings. The van der Waals surface area contributed by atoms with Crippen molar-refractivity contribution in [2.75, 3.05) is 18.6 Å². The third-order valence-corrected chi connectivity index (χ3v) is 2.58. The molecule has 1 heterocycles. The Bertz CT molecular complexity index is 406. The number of methoxy groups -OCH3 is 1. The van der Waals surface area contributed by atoms with Crippen LogP contribution >= 0.6 is 0 Å². The Hall–Kier alpha value is -1.77. The molecule has 1 saturated heterocycles. The lowest BCUT2D eigenvalue weighted by Gasteiger charge is -2.33. The lowest BCUT2D eigenvalue weighted by atomic mass is 10.1. The largest absolute Gasteiger partial charge is 0.497 e. The van der Waals surface area contributed by atoms with Crippen molar-refractivity contribution in [3.05, 3.63) is 35.9 Å². The fourth-order valence-corrected chi connectivity index (χ4v) is 1.58. The van der Waals surface area contributed by atoms with Gasteiger partial charge in [0, 0.05) is 11.3 Å². The third-order valence-electron chi connectivity index (χ3n) is 2.58. The first kappa shape index (κ1) is 9.77. The molecule has 1 amide bonds. The van der Waals surface area contributed by atoms with Crippen molar-refractivity contribution < 1.29 is 9.53 Å². The fourth-order valence-electron chi connectivity index (χ4n) is 1.58. The van der Waals surface area contributed by atoms with Gasteiger partial charge in [-0.25, -0.2) is 0 Å². The number of anilines is 1. The molecule has 0 bridgehead atoms. The second-order valence-electron chi connectivity index (χ2n) is 3.40. The summed E-state index contributed by atoms with van der Waals surface area (Å²) in [6.45, 7) is 2.60. The highest BCUT2D eigenvalue weighted by Crippen LogP contribution is 2.26. The van der Waals surface area contributed by atoms with Crippen LogP contribution in [-0.2, 0) is 4.79 Å². The maximum absolute atomic E-state index is 11.6. The summed E-state index contributed by atoms with van der Waals surface area (Å²) < 4.78 is 5.05. The van der Waals surface area contributed by atoms with Gasteiger partial charge in [0.05, 0.1) is 13.7 Å². The van der Waals surface area contributed by atoms with Gasteiger partial charge in [-0.15, -0.1) is 0 Å². The van der Waals surface area contributed by atoms with Crippen LogP contribution in [-0.4, -0.2) is 19.6 Å². The first-order chi connectivity index (χ1) is 7.26. The van der Waals surface area contributed by atoms with Crippen molar-refractivity contribution in [2.24, 2.45) is 0 Å². The number of benzene rings is 1. The van der Waals surface area contributed by atoms with E-state index in [9.17, 15) is 4.79 Å². The van der Waals surface area contributed by atoms with Crippen molar-refractivity contribution in [3.63, 3.8) is 0 Å². The van der Waals surface area contributed by atoms with Crippen LogP contribution in [0, 0.1) is 0 Å². The van der Waals surface area contributed by atoms with Crippen LogP contribution in [0.2, 0.25) is 0 Å². The average molecular weight is 203 g/mol. The first-order valence-corrected chi connectivity index (χ1v) is 4.87. The third kappa shape index (κ3) is 1.61. The van der Waals surface area contributed by atoms with Crippen LogP contribution < -0.4 is 9.64 Å². The monoisotopic (exact) mass is 203 g/mol. The second kappa shape index (κ2) is 3.77. The van der Waals surface area contributed by atoms with E-state index in [1.165, 1.54) is 0 Å². The molecule has 15 heavy (non-hydrogen) atoms. The minimum atomic E-state index is 0.0997. The Morgan fingerprint density at radius 2 is 2.00 bits per heavy atom. The van der Waals surface area contributed by atoms with E-state index in [1.54, 1.807) is 12.0 Å². The van der Waals surface area contributed by atoms with Crippen LogP contribution in [0.5, 0.6) is 5.75 Å². The van der Waals surface area contributed by atoms with E-state index in [1.807, 2.05) is 37.3 Å². The second-order valence-corrected chi connectivity index (χ2v) is 3.40. The number of carbonyl (C=O) groups excluding carboxylic acids is 1. The Balaban J connectivity index is 2.15. The predicted octanol–water partition coefficient (Wildman–Crippen LogP) is 1.99. The van der Waals surface area contributed by atoms with Crippen LogP contribution in [0.15, 0.2) is 35.9 Å². The van der Waals surface area contributed by atoms with Crippen molar-refractivity contribution >= 4 is 11.6 Å². The predicted molar refractivity (Wildman–Crippen MR) is 59.1 cm³/mol. The zero-order valence-corrected chi connectivity index (χ0v) is 8.86. The summed E-state index contributed by atoms with van der Waals surface area (Å²) in [4.78, 5) is 13.3. The molecule has 0 atom stereocenters. The van der Waals surface area contributed by atoms with Gasteiger partial charge in [-0.3, -0.25) is 4.79 Å². The molecule has 3 nitrogen and oxygen atoms in total. The van der Waals surface area contributed by atoms with E-state index in [4.69, 9.17) is 4.74 Å². The molecule has 3 heteroatoms. The number of hydrogen-bond donors (Lipinski definition) is 0. The molecule has 1 fully saturated rings. The van der Waals surface area contributed by atoms with Crippen LogP contribution in [0.25, 0.3) is 0 Å². The lowest BCUT2D eigenvalue weighted by molar-refractivity contribution is -0.117. The summed E-state index contributed by atoms with van der Waals surface area (Å²) in [6, 6.07) is 7.50. The number of carbonyl (C=O) groups is 1. The summed E-state index contributed by atoms with van der Waals surface area (Å²) in [7, 11) is 1.63. The summed E-state index contributed by atoms with van der Waals surface area (Å²) in [5.41, 5.74) is 1.80. The maximum atomic E-state index is 11.6. The summed E-state index contributed by atoms with van der Waals surface area (Å²) in [5, 5.41) is 0.